The van der Waals surface area contributed by atoms with Gasteiger partial charge in [-0.15, -0.1) is 45.3 Å². The molecule has 0 atom stereocenters. The van der Waals surface area contributed by atoms with E-state index in [1.807, 2.05) is 90.4 Å². The Morgan fingerprint density at radius 3 is 1.49 bits per heavy atom. The van der Waals surface area contributed by atoms with Gasteiger partial charge < -0.3 is 56.5 Å². The number of urea groups is 4. The summed E-state index contributed by atoms with van der Waals surface area (Å²) in [6, 6.07) is 43.8. The first-order chi connectivity index (χ1) is 64.1. The average Bonchev–Trinajstić information content (AvgIpc) is 1.60. The van der Waals surface area contributed by atoms with Gasteiger partial charge >= 0.3 is 24.1 Å². The summed E-state index contributed by atoms with van der Waals surface area (Å²) in [5, 5.41) is 34.6. The minimum Gasteiger partial charge on any atom is -0.396 e. The van der Waals surface area contributed by atoms with E-state index >= 15 is 0 Å². The Morgan fingerprint density at radius 1 is 0.492 bits per heavy atom. The molecule has 0 radical (unpaired) electrons. The van der Waals surface area contributed by atoms with Crippen LogP contribution in [0.2, 0.25) is 5.02 Å². The summed E-state index contributed by atoms with van der Waals surface area (Å²) < 4.78 is 48.8. The van der Waals surface area contributed by atoms with E-state index in [4.69, 9.17) is 21.4 Å². The van der Waals surface area contributed by atoms with E-state index < -0.39 is 29.7 Å². The van der Waals surface area contributed by atoms with Gasteiger partial charge in [-0.2, -0.15) is 0 Å². The molecular formula is C90H71Br2ClF3N23O9S4. The van der Waals surface area contributed by atoms with E-state index in [2.05, 4.69) is 135 Å². The second-order valence-corrected chi connectivity index (χ2v) is 36.7. The number of rotatable bonds is 18. The van der Waals surface area contributed by atoms with Crippen molar-refractivity contribution in [2.24, 2.45) is 0 Å². The number of hydrogen-bond donors (Lipinski definition) is 8. The monoisotopic (exact) mass is 2000 g/mol. The van der Waals surface area contributed by atoms with Crippen LogP contribution >= 0.6 is 88.8 Å². The largest absolute Gasteiger partial charge is 0.396 e. The molecule has 42 heteroatoms. The number of halogens is 6. The van der Waals surface area contributed by atoms with Gasteiger partial charge in [-0.05, 0) is 171 Å². The van der Waals surface area contributed by atoms with Crippen LogP contribution in [0.1, 0.15) is 52.1 Å². The zero-order valence-corrected chi connectivity index (χ0v) is 76.3. The highest BCUT2D eigenvalue weighted by molar-refractivity contribution is 9.10. The highest BCUT2D eigenvalue weighted by atomic mass is 79.9. The number of anilines is 14. The van der Waals surface area contributed by atoms with Crippen molar-refractivity contribution in [1.82, 2.24) is 64.5 Å². The van der Waals surface area contributed by atoms with E-state index in [1.165, 1.54) is 128 Å². The number of nitrogens with zero attached hydrogens (tertiary/aromatic N) is 16. The molecular weight excluding hydrogens is 1930 g/mol. The number of benzene rings is 7. The van der Waals surface area contributed by atoms with Crippen molar-refractivity contribution >= 4 is 263 Å². The third-order valence-corrected chi connectivity index (χ3v) is 27.9. The maximum absolute atomic E-state index is 13.8. The summed E-state index contributed by atoms with van der Waals surface area (Å²) in [5.74, 6) is -0.574. The maximum Gasteiger partial charge on any atom is 0.332 e. The zero-order valence-electron chi connectivity index (χ0n) is 69.1. The summed E-state index contributed by atoms with van der Waals surface area (Å²) in [7, 11) is 2.15. The SMILES string of the molecule is CN1CCN(Cc2ccc(NC(=O)c3sc4ncnc5c4c3NC(=O)N5c3ccccc3Cl)cc2)CC1.O=C(NCCCO)c1sc2ncnc3c2c1NC(=O)N3c1ccc(F)c(Br)c1.O=C(Nc1ccc(CN2CCOCC2)cc1)c1sc2ncnc3c2c1NC(=O)N3c1ccc(F)c(Br)c1.O=C1Nc2csc3ncnc(c23)N1c1ccc2c(ccn2Cc2cccc(F)c2)c1. The highest BCUT2D eigenvalue weighted by Crippen LogP contribution is 2.50. The topological polar surface area (TPSA) is 364 Å². The smallest absolute Gasteiger partial charge is 0.332 e. The van der Waals surface area contributed by atoms with Gasteiger partial charge in [0.2, 0.25) is 0 Å². The van der Waals surface area contributed by atoms with E-state index in [9.17, 15) is 46.7 Å². The molecule has 6 aliphatic rings. The number of carbonyl (C=O) groups is 7. The average molecular weight is 2000 g/mol. The second-order valence-electron chi connectivity index (χ2n) is 30.7. The number of fused-ring (bicyclic) bond motifs is 1. The molecule has 666 valence electrons. The normalized spacial score (nSPS) is 14.7. The van der Waals surface area contributed by atoms with Crippen LogP contribution in [0.15, 0.2) is 204 Å². The van der Waals surface area contributed by atoms with Gasteiger partial charge in [0.15, 0.2) is 23.3 Å². The van der Waals surface area contributed by atoms with Crippen molar-refractivity contribution in [2.75, 3.05) is 124 Å². The van der Waals surface area contributed by atoms with Crippen LogP contribution in [0.4, 0.5) is 112 Å². The molecule has 2 saturated heterocycles. The van der Waals surface area contributed by atoms with Crippen molar-refractivity contribution in [3.63, 3.8) is 0 Å². The number of aliphatic hydroxyl groups is 1. The summed E-state index contributed by atoms with van der Waals surface area (Å²) in [5.41, 5.74) is 9.49. The van der Waals surface area contributed by atoms with E-state index in [1.54, 1.807) is 35.2 Å². The molecule has 0 spiro atoms. The first-order valence-corrected chi connectivity index (χ1v) is 46.3. The number of amides is 11. The van der Waals surface area contributed by atoms with Gasteiger partial charge in [-0.1, -0.05) is 60.1 Å². The summed E-state index contributed by atoms with van der Waals surface area (Å²) in [6.45, 7) is 10.1. The number of para-hydroxylation sites is 1. The molecule has 2 fully saturated rings. The molecule has 132 heavy (non-hydrogen) atoms. The van der Waals surface area contributed by atoms with Crippen LogP contribution in [-0.4, -0.2) is 179 Å². The highest BCUT2D eigenvalue weighted by Gasteiger charge is 2.39. The number of thiophene rings is 4. The van der Waals surface area contributed by atoms with Crippen molar-refractivity contribution in [1.29, 1.82) is 0 Å². The first-order valence-electron chi connectivity index (χ1n) is 41.0. The molecule has 11 amide bonds. The van der Waals surface area contributed by atoms with Crippen LogP contribution in [0.25, 0.3) is 51.8 Å². The van der Waals surface area contributed by atoms with Crippen LogP contribution in [0, 0.1) is 17.5 Å². The summed E-state index contributed by atoms with van der Waals surface area (Å²) >= 11 is 17.6. The number of aromatic nitrogens is 9. The van der Waals surface area contributed by atoms with Crippen LogP contribution in [-0.2, 0) is 24.4 Å². The molecule has 8 N–H and O–H groups in total. The third kappa shape index (κ3) is 17.8. The molecule has 0 unspecified atom stereocenters. The lowest BCUT2D eigenvalue weighted by molar-refractivity contribution is 0.0342. The number of piperazine rings is 1. The number of carbonyl (C=O) groups excluding carboxylic acids is 7. The number of aliphatic hydroxyl groups excluding tert-OH is 1. The van der Waals surface area contributed by atoms with E-state index in [-0.39, 0.29) is 45.1 Å². The molecule has 0 bridgehead atoms. The van der Waals surface area contributed by atoms with Gasteiger partial charge in [-0.3, -0.25) is 24.2 Å². The number of ether oxygens (including phenoxy) is 1. The van der Waals surface area contributed by atoms with Crippen LogP contribution in [0.5, 0.6) is 0 Å². The fourth-order valence-electron chi connectivity index (χ4n) is 15.8. The Bertz CT molecular complexity index is 7290. The summed E-state index contributed by atoms with van der Waals surface area (Å²) in [4.78, 5) is 142. The predicted molar refractivity (Wildman–Crippen MR) is 513 cm³/mol. The fourth-order valence-corrected chi connectivity index (χ4v) is 20.6. The Hall–Kier alpha value is -13.4. The first kappa shape index (κ1) is 87.9. The fraction of sp³-hybridized carbons (Fsp3) is 0.167. The van der Waals surface area contributed by atoms with Gasteiger partial charge in [0, 0.05) is 106 Å². The van der Waals surface area contributed by atoms with Crippen LogP contribution < -0.4 is 56.8 Å². The lowest BCUT2D eigenvalue weighted by atomic mass is 10.1. The van der Waals surface area contributed by atoms with Gasteiger partial charge in [0.25, 0.3) is 17.7 Å². The molecule has 0 aliphatic carbocycles. The molecule has 6 aliphatic heterocycles. The third-order valence-electron chi connectivity index (χ3n) is 22.2. The van der Waals surface area contributed by atoms with Crippen molar-refractivity contribution < 1.29 is 56.6 Å². The van der Waals surface area contributed by atoms with Crippen molar-refractivity contribution in [3.8, 4) is 0 Å². The van der Waals surface area contributed by atoms with Crippen LogP contribution in [0.3, 0.4) is 0 Å². The lowest BCUT2D eigenvalue weighted by Gasteiger charge is -2.32. The van der Waals surface area contributed by atoms with E-state index in [0.717, 1.165) is 121 Å². The minimum atomic E-state index is -0.520. The number of hydrogen-bond acceptors (Lipinski definition) is 24. The zero-order chi connectivity index (χ0) is 91.1. The standard InChI is InChI=1S/C26H24ClN7O2S.C25H20BrFN6O3S.C22H14FN5OS.C17H13BrFN5O3S/c1-32-10-12-33(13-11-32)14-16-6-8-17(9-7-16)30-24(35)22-21-20-23(28-15-29-25(20)37-22)34(26(36)31-21)19-5-3-2-4-18(19)27;26-17-11-16(5-6-18(17)27)33-22-19-20(31-25(33)35)21(37-24(19)29-13-28-22)23(34)30-15-3-1-14(2-4-15)12-32-7-9-36-10-8-32;23-15-3-1-2-13(8-15)10-27-7-6-14-9-16(4-5-18(14)27)28-20-19-17(26-22(28)29)11-30-21(19)25-12-24-20;18-9-6-8(2-3-10(9)19)24-14-11-12(23-17(24)27)13(15(26)20-4-1-5-25)28-16(11)22-7-21-14/h2-9,15H,10-14H2,1H3,(H,30,35)(H,31,36);1-6,11,13H,7-10,12H2,(H,30,34)(H,31,35);1-9,11-12H,10H2,(H,26,29);2-3,6-7,25H,1,4-5H2,(H,20,26)(H,23,27). The van der Waals surface area contributed by atoms with Gasteiger partial charge in [0.05, 0.1) is 94.2 Å². The number of nitrogens with one attached hydrogen (secondary N) is 7. The summed E-state index contributed by atoms with van der Waals surface area (Å²) in [6.07, 6.45) is 7.93. The van der Waals surface area contributed by atoms with Gasteiger partial charge in [0.1, 0.15) is 76.7 Å². The quantitative estimate of drug-likeness (QED) is 0.0370. The number of morpholine rings is 1. The Labute approximate surface area is 785 Å². The lowest BCUT2D eigenvalue weighted by Crippen LogP contribution is -2.43. The molecule has 32 nitrogen and oxygen atoms in total. The minimum absolute atomic E-state index is 0.0336. The van der Waals surface area contributed by atoms with Crippen molar-refractivity contribution in [2.45, 2.75) is 26.1 Å². The Kier molecular flexibility index (Phi) is 25.2. The molecule has 15 heterocycles. The molecule has 9 aromatic heterocycles. The Balaban J connectivity index is 0.000000114. The van der Waals surface area contributed by atoms with Crippen molar-refractivity contribution in [3.05, 3.63) is 257 Å². The molecule has 7 aromatic carbocycles. The van der Waals surface area contributed by atoms with E-state index in [0.29, 0.717) is 139 Å². The molecule has 22 rings (SSSR count). The number of likely N-dealkylation sites (N-methyl/N-ethyl adjacent to an activating group) is 1. The second kappa shape index (κ2) is 37.8. The Morgan fingerprint density at radius 2 is 0.970 bits per heavy atom. The molecule has 16 aromatic rings. The van der Waals surface area contributed by atoms with Gasteiger partial charge in [-0.25, -0.2) is 91.8 Å². The molecule has 0 saturated carbocycles. The maximum atomic E-state index is 13.8. The predicted octanol–water partition coefficient (Wildman–Crippen LogP) is 19.3.